The van der Waals surface area contributed by atoms with Crippen LogP contribution in [0.1, 0.15) is 25.3 Å². The number of hydrogen-bond acceptors (Lipinski definition) is 16. The van der Waals surface area contributed by atoms with E-state index in [1.165, 1.54) is 21.8 Å². The second-order valence-corrected chi connectivity index (χ2v) is 15.4. The van der Waals surface area contributed by atoms with Gasteiger partial charge in [0.05, 0.1) is 25.4 Å². The summed E-state index contributed by atoms with van der Waals surface area (Å²) < 4.78 is 57.4. The molecule has 236 valence electrons. The molecule has 0 bridgehead atoms. The van der Waals surface area contributed by atoms with Gasteiger partial charge in [-0.25, -0.2) is 19.1 Å². The zero-order valence-electron chi connectivity index (χ0n) is 22.2. The van der Waals surface area contributed by atoms with E-state index >= 15 is 0 Å². The van der Waals surface area contributed by atoms with Gasteiger partial charge in [0, 0.05) is 18.6 Å². The molecule has 2 unspecified atom stereocenters. The quantitative estimate of drug-likeness (QED) is 0.149. The van der Waals surface area contributed by atoms with Crippen molar-refractivity contribution in [3.05, 3.63) is 33.4 Å². The zero-order valence-corrected chi connectivity index (χ0v) is 24.8. The molecule has 7 heterocycles. The first kappa shape index (κ1) is 29.5. The summed E-state index contributed by atoms with van der Waals surface area (Å²) in [7, 11) is -4.75. The molecule has 21 nitrogen and oxygen atoms in total. The van der Waals surface area contributed by atoms with Crippen LogP contribution >= 0.6 is 26.0 Å². The lowest BCUT2D eigenvalue weighted by Gasteiger charge is -2.26. The van der Waals surface area contributed by atoms with E-state index in [1.807, 2.05) is 0 Å². The maximum absolute atomic E-state index is 13.2. The maximum atomic E-state index is 13.2. The predicted octanol–water partition coefficient (Wildman–Crippen LogP) is -0.273. The van der Waals surface area contributed by atoms with Crippen LogP contribution < -0.4 is 22.6 Å². The number of H-pyrrole nitrogens is 2. The fourth-order valence-electron chi connectivity index (χ4n) is 5.31. The molecule has 4 aromatic heterocycles. The van der Waals surface area contributed by atoms with Crippen molar-refractivity contribution >= 4 is 60.2 Å². The summed E-state index contributed by atoms with van der Waals surface area (Å²) in [6, 6.07) is 0. The summed E-state index contributed by atoms with van der Waals surface area (Å²) in [6.07, 6.45) is -3.60. The molecule has 4 aromatic rings. The van der Waals surface area contributed by atoms with Gasteiger partial charge in [0.2, 0.25) is 11.9 Å². The van der Waals surface area contributed by atoms with Crippen molar-refractivity contribution in [3.8, 4) is 0 Å². The first-order valence-corrected chi connectivity index (χ1v) is 17.6. The van der Waals surface area contributed by atoms with Crippen LogP contribution in [0.25, 0.3) is 22.3 Å². The number of nitrogens with zero attached hydrogens (tertiary/aromatic N) is 6. The Hall–Kier alpha value is -3.17. The molecule has 0 aliphatic carbocycles. The Labute approximate surface area is 248 Å². The van der Waals surface area contributed by atoms with E-state index < -0.39 is 69.2 Å². The normalized spacial score (nSPS) is 34.9. The zero-order chi connectivity index (χ0) is 31.0. The van der Waals surface area contributed by atoms with Gasteiger partial charge >= 0.3 is 14.6 Å². The Morgan fingerprint density at radius 2 is 1.36 bits per heavy atom. The monoisotopic (exact) mass is 674 g/mol. The van der Waals surface area contributed by atoms with Gasteiger partial charge < -0.3 is 30.7 Å². The van der Waals surface area contributed by atoms with Gasteiger partial charge in [-0.3, -0.25) is 42.3 Å². The highest BCUT2D eigenvalue weighted by atomic mass is 32.7. The van der Waals surface area contributed by atoms with Crippen LogP contribution in [-0.2, 0) is 32.2 Å². The number of aromatic amines is 2. The highest BCUT2D eigenvalue weighted by molar-refractivity contribution is 8.54. The molecular formula is C20H24N10O11P2S. The predicted molar refractivity (Wildman–Crippen MR) is 150 cm³/mol. The van der Waals surface area contributed by atoms with Gasteiger partial charge in [0.1, 0.15) is 30.8 Å². The van der Waals surface area contributed by atoms with Gasteiger partial charge in [0.15, 0.2) is 22.3 Å². The van der Waals surface area contributed by atoms with E-state index in [9.17, 15) is 28.5 Å². The number of nitrogens with two attached hydrogens (primary N) is 2. The molecule has 3 aliphatic heterocycles. The van der Waals surface area contributed by atoms with E-state index in [4.69, 9.17) is 34.5 Å². The molecule has 24 heteroatoms. The van der Waals surface area contributed by atoms with Crippen LogP contribution in [0.2, 0.25) is 0 Å². The molecule has 0 amide bonds. The first-order chi connectivity index (χ1) is 20.9. The minimum Gasteiger partial charge on any atom is -0.369 e. The highest BCUT2D eigenvalue weighted by Crippen LogP contribution is 2.60. The third kappa shape index (κ3) is 5.47. The van der Waals surface area contributed by atoms with Gasteiger partial charge in [-0.1, -0.05) is 0 Å². The highest BCUT2D eigenvalue weighted by Gasteiger charge is 2.47. The largest absolute Gasteiger partial charge is 0.472 e. The van der Waals surface area contributed by atoms with Crippen molar-refractivity contribution in [2.75, 3.05) is 23.8 Å². The summed E-state index contributed by atoms with van der Waals surface area (Å²) in [5, 5.41) is 0. The molecule has 0 spiro atoms. The minimum absolute atomic E-state index is 0.00649. The van der Waals surface area contributed by atoms with Crippen molar-refractivity contribution in [2.45, 2.75) is 49.7 Å². The second kappa shape index (κ2) is 10.7. The molecule has 3 aliphatic rings. The molecule has 3 fully saturated rings. The van der Waals surface area contributed by atoms with Gasteiger partial charge in [-0.15, -0.1) is 0 Å². The van der Waals surface area contributed by atoms with Crippen LogP contribution in [0.3, 0.4) is 0 Å². The molecule has 3 saturated heterocycles. The molecule has 0 saturated carbocycles. The number of ether oxygens (including phenoxy) is 2. The lowest BCUT2D eigenvalue weighted by Crippen LogP contribution is -2.31. The number of fused-ring (bicyclic) bond motifs is 4. The van der Waals surface area contributed by atoms with Gasteiger partial charge in [-0.2, -0.15) is 9.97 Å². The van der Waals surface area contributed by atoms with E-state index in [0.29, 0.717) is 11.4 Å². The summed E-state index contributed by atoms with van der Waals surface area (Å²) >= 11 is 0.539. The van der Waals surface area contributed by atoms with E-state index in [-0.39, 0.29) is 52.8 Å². The van der Waals surface area contributed by atoms with Crippen LogP contribution in [0.15, 0.2) is 22.2 Å². The minimum atomic E-state index is -4.75. The molecule has 0 radical (unpaired) electrons. The van der Waals surface area contributed by atoms with Crippen molar-refractivity contribution < 1.29 is 42.0 Å². The van der Waals surface area contributed by atoms with Crippen molar-refractivity contribution in [3.63, 3.8) is 0 Å². The SMILES string of the molecule is Nc1nc2c(ncn2[C@H]2C[C@@H]3OP(=O)(O)OC[C@H]4O[C@@H](n5cnc6c(=O)[nH]c(N)nc65)C[C@@H]4OP(=O)(O)SC[C@H]3O2)c(=O)[nH]1. The van der Waals surface area contributed by atoms with E-state index in [0.717, 1.165) is 0 Å². The number of aromatic nitrogens is 8. The van der Waals surface area contributed by atoms with Crippen molar-refractivity contribution in [1.82, 2.24) is 39.0 Å². The van der Waals surface area contributed by atoms with Crippen LogP contribution in [0.5, 0.6) is 0 Å². The molecule has 8 N–H and O–H groups in total. The Morgan fingerprint density at radius 1 is 0.841 bits per heavy atom. The van der Waals surface area contributed by atoms with Crippen LogP contribution in [0.4, 0.5) is 11.9 Å². The van der Waals surface area contributed by atoms with Gasteiger partial charge in [0.25, 0.3) is 11.1 Å². The number of anilines is 2. The fourth-order valence-corrected chi connectivity index (χ4v) is 9.04. The van der Waals surface area contributed by atoms with E-state index in [2.05, 4.69) is 29.9 Å². The summed E-state index contributed by atoms with van der Waals surface area (Å²) in [6.45, 7) is -4.95. The molecule has 7 rings (SSSR count). The lowest BCUT2D eigenvalue weighted by molar-refractivity contribution is -0.0451. The summed E-state index contributed by atoms with van der Waals surface area (Å²) in [5.41, 5.74) is 10.4. The number of phosphoric acid groups is 1. The molecular weight excluding hydrogens is 650 g/mol. The average molecular weight is 674 g/mol. The summed E-state index contributed by atoms with van der Waals surface area (Å²) in [4.78, 5) is 66.7. The number of phosphoric ester groups is 1. The number of hydrogen-bond donors (Lipinski definition) is 6. The number of imidazole rings is 2. The number of rotatable bonds is 2. The lowest BCUT2D eigenvalue weighted by atomic mass is 10.2. The molecule has 0 aromatic carbocycles. The van der Waals surface area contributed by atoms with Crippen molar-refractivity contribution in [1.29, 1.82) is 0 Å². The second-order valence-electron chi connectivity index (χ2n) is 10.1. The topological polar surface area (TPSA) is 300 Å². The third-order valence-corrected chi connectivity index (χ3v) is 11.3. The third-order valence-electron chi connectivity index (χ3n) is 7.22. The number of nitrogens with one attached hydrogen (secondary N) is 2. The Morgan fingerprint density at radius 3 is 1.93 bits per heavy atom. The smallest absolute Gasteiger partial charge is 0.369 e. The standard InChI is InChI=1S/C20H24N10O11P2S/c21-19-25-15-13(17(31)27-19)23-5-29(15)11-1-7-9(38-11)3-37-42(33,34)40-8-2-12(39-10(8)4-44-43(35,36)41-7)30-6-24-14-16(30)26-20(22)28-18(14)32/h5-12H,1-4H2,(H,33,34)(H,35,36)(H3,21,25,27,31)(H3,22,26,28,32)/t7-,8-,9+,10+,11+,12+/m0/s1. The van der Waals surface area contributed by atoms with E-state index in [1.54, 1.807) is 0 Å². The maximum Gasteiger partial charge on any atom is 0.472 e. The van der Waals surface area contributed by atoms with Gasteiger partial charge in [-0.05, 0) is 11.4 Å². The molecule has 8 atom stereocenters. The van der Waals surface area contributed by atoms with Crippen LogP contribution in [0, 0.1) is 0 Å². The van der Waals surface area contributed by atoms with Crippen molar-refractivity contribution in [2.24, 2.45) is 0 Å². The number of nitrogen functional groups attached to an aromatic ring is 2. The molecule has 44 heavy (non-hydrogen) atoms. The fraction of sp³-hybridized carbons (Fsp3) is 0.500. The average Bonchev–Trinajstić information content (AvgIpc) is 3.70. The first-order valence-electron chi connectivity index (χ1n) is 12.9. The Bertz CT molecular complexity index is 1840. The summed E-state index contributed by atoms with van der Waals surface area (Å²) in [5.74, 6) is -0.511. The Kier molecular flexibility index (Phi) is 7.20. The Balaban J connectivity index is 1.13. The van der Waals surface area contributed by atoms with Crippen LogP contribution in [-0.4, -0.2) is 85.6 Å².